The number of nitrogens with one attached hydrogen (secondary N) is 2. The predicted octanol–water partition coefficient (Wildman–Crippen LogP) is -0.112. The lowest BCUT2D eigenvalue weighted by atomic mass is 10.3. The molecule has 0 bridgehead atoms. The van der Waals surface area contributed by atoms with Crippen molar-refractivity contribution in [3.05, 3.63) is 35.8 Å². The van der Waals surface area contributed by atoms with Gasteiger partial charge >= 0.3 is 0 Å². The molecule has 8 nitrogen and oxygen atoms in total. The third-order valence-electron chi connectivity index (χ3n) is 2.99. The van der Waals surface area contributed by atoms with E-state index in [4.69, 9.17) is 5.84 Å². The highest BCUT2D eigenvalue weighted by atomic mass is 32.2. The quantitative estimate of drug-likeness (QED) is 0.524. The maximum Gasteiger partial charge on any atom is 0.244 e. The van der Waals surface area contributed by atoms with Gasteiger partial charge in [0.15, 0.2) is 5.82 Å². The minimum absolute atomic E-state index is 0.00374. The summed E-state index contributed by atoms with van der Waals surface area (Å²) in [5.74, 6) is 5.36. The number of nitrogens with zero attached hydrogens (tertiary/aromatic N) is 3. The Bertz CT molecular complexity index is 709. The zero-order chi connectivity index (χ0) is 14.8. The van der Waals surface area contributed by atoms with Crippen molar-refractivity contribution in [3.63, 3.8) is 0 Å². The molecule has 20 heavy (non-hydrogen) atoms. The SMILES string of the molecule is Cc1c(CNS(=O)(=O)c2cccnc2NN)cnn1C. The van der Waals surface area contributed by atoms with Crippen LogP contribution in [0.25, 0.3) is 0 Å². The molecule has 0 fully saturated rings. The van der Waals surface area contributed by atoms with Crippen molar-refractivity contribution in [1.82, 2.24) is 19.5 Å². The summed E-state index contributed by atoms with van der Waals surface area (Å²) >= 11 is 0. The van der Waals surface area contributed by atoms with Crippen LogP contribution in [0.4, 0.5) is 5.82 Å². The maximum atomic E-state index is 12.2. The summed E-state index contributed by atoms with van der Waals surface area (Å²) < 4.78 is 28.6. The number of rotatable bonds is 5. The first kappa shape index (κ1) is 14.4. The Kier molecular flexibility index (Phi) is 4.02. The molecule has 0 amide bonds. The van der Waals surface area contributed by atoms with Crippen LogP contribution >= 0.6 is 0 Å². The molecule has 9 heteroatoms. The van der Waals surface area contributed by atoms with Crippen LogP contribution < -0.4 is 16.0 Å². The van der Waals surface area contributed by atoms with Gasteiger partial charge in [-0.15, -0.1) is 0 Å². The predicted molar refractivity (Wildman–Crippen MR) is 74.0 cm³/mol. The van der Waals surface area contributed by atoms with Gasteiger partial charge in [0.2, 0.25) is 10.0 Å². The first-order chi connectivity index (χ1) is 9.45. The number of hydrogen-bond donors (Lipinski definition) is 3. The average molecular weight is 296 g/mol. The molecular formula is C11H16N6O2S. The number of hydrogen-bond acceptors (Lipinski definition) is 6. The third-order valence-corrected chi connectivity index (χ3v) is 4.42. The fourth-order valence-electron chi connectivity index (χ4n) is 1.68. The van der Waals surface area contributed by atoms with Crippen LogP contribution in [0.5, 0.6) is 0 Å². The van der Waals surface area contributed by atoms with E-state index in [1.54, 1.807) is 17.9 Å². The number of aryl methyl sites for hydroxylation is 1. The largest absolute Gasteiger partial charge is 0.307 e. The van der Waals surface area contributed by atoms with Crippen LogP contribution in [0.3, 0.4) is 0 Å². The van der Waals surface area contributed by atoms with Crippen molar-refractivity contribution in [2.45, 2.75) is 18.4 Å². The van der Waals surface area contributed by atoms with E-state index < -0.39 is 10.0 Å². The topological polar surface area (TPSA) is 115 Å². The molecule has 2 rings (SSSR count). The van der Waals surface area contributed by atoms with Crippen LogP contribution in [0.1, 0.15) is 11.3 Å². The minimum Gasteiger partial charge on any atom is -0.307 e. The van der Waals surface area contributed by atoms with Crippen molar-refractivity contribution in [3.8, 4) is 0 Å². The normalized spacial score (nSPS) is 11.6. The van der Waals surface area contributed by atoms with Gasteiger partial charge in [-0.2, -0.15) is 5.10 Å². The smallest absolute Gasteiger partial charge is 0.244 e. The van der Waals surface area contributed by atoms with Gasteiger partial charge in [0, 0.05) is 31.0 Å². The number of anilines is 1. The highest BCUT2D eigenvalue weighted by Crippen LogP contribution is 2.17. The summed E-state index contributed by atoms with van der Waals surface area (Å²) in [4.78, 5) is 3.87. The summed E-state index contributed by atoms with van der Waals surface area (Å²) in [7, 11) is -1.90. The summed E-state index contributed by atoms with van der Waals surface area (Å²) in [6, 6.07) is 2.96. The lowest BCUT2D eigenvalue weighted by Gasteiger charge is -2.09. The Balaban J connectivity index is 2.22. The summed E-state index contributed by atoms with van der Waals surface area (Å²) in [5, 5.41) is 4.06. The van der Waals surface area contributed by atoms with Crippen LogP contribution in [-0.2, 0) is 23.6 Å². The zero-order valence-corrected chi connectivity index (χ0v) is 12.0. The molecule has 0 saturated heterocycles. The monoisotopic (exact) mass is 296 g/mol. The standard InChI is InChI=1S/C11H16N6O2S/c1-8-9(6-14-17(8)2)7-15-20(18,19)10-4-3-5-13-11(10)16-12/h3-6,15H,7,12H2,1-2H3,(H,13,16). The van der Waals surface area contributed by atoms with Gasteiger partial charge in [-0.05, 0) is 19.1 Å². The van der Waals surface area contributed by atoms with Crippen molar-refractivity contribution in [2.75, 3.05) is 5.43 Å². The van der Waals surface area contributed by atoms with Gasteiger partial charge in [-0.25, -0.2) is 24.0 Å². The molecule has 2 heterocycles. The van der Waals surface area contributed by atoms with E-state index >= 15 is 0 Å². The van der Waals surface area contributed by atoms with Gasteiger partial charge in [-0.3, -0.25) is 4.68 Å². The van der Waals surface area contributed by atoms with Crippen LogP contribution in [0, 0.1) is 6.92 Å². The van der Waals surface area contributed by atoms with E-state index in [1.807, 2.05) is 6.92 Å². The Morgan fingerprint density at radius 1 is 1.45 bits per heavy atom. The van der Waals surface area contributed by atoms with Crippen molar-refractivity contribution >= 4 is 15.8 Å². The molecule has 0 radical (unpaired) electrons. The van der Waals surface area contributed by atoms with E-state index in [1.165, 1.54) is 18.3 Å². The molecule has 0 aliphatic carbocycles. The van der Waals surface area contributed by atoms with Crippen molar-refractivity contribution in [2.24, 2.45) is 12.9 Å². The number of nitrogen functional groups attached to an aromatic ring is 1. The number of aromatic nitrogens is 3. The highest BCUT2D eigenvalue weighted by molar-refractivity contribution is 7.89. The molecule has 0 unspecified atom stereocenters. The van der Waals surface area contributed by atoms with Crippen molar-refractivity contribution in [1.29, 1.82) is 0 Å². The number of hydrazine groups is 1. The van der Waals surface area contributed by atoms with E-state index in [2.05, 4.69) is 20.2 Å². The second kappa shape index (κ2) is 5.57. The highest BCUT2D eigenvalue weighted by Gasteiger charge is 2.19. The Hall–Kier alpha value is -1.97. The second-order valence-electron chi connectivity index (χ2n) is 4.20. The third kappa shape index (κ3) is 2.79. The van der Waals surface area contributed by atoms with E-state index in [0.717, 1.165) is 11.3 Å². The van der Waals surface area contributed by atoms with Gasteiger partial charge in [0.05, 0.1) is 6.20 Å². The zero-order valence-electron chi connectivity index (χ0n) is 11.2. The van der Waals surface area contributed by atoms with Crippen LogP contribution in [-0.4, -0.2) is 23.2 Å². The van der Waals surface area contributed by atoms with Crippen LogP contribution in [0.2, 0.25) is 0 Å². The summed E-state index contributed by atoms with van der Waals surface area (Å²) in [5.41, 5.74) is 3.98. The molecule has 4 N–H and O–H groups in total. The number of nitrogens with two attached hydrogens (primary N) is 1. The van der Waals surface area contributed by atoms with Crippen molar-refractivity contribution < 1.29 is 8.42 Å². The Morgan fingerprint density at radius 2 is 2.20 bits per heavy atom. The summed E-state index contributed by atoms with van der Waals surface area (Å²) in [6.07, 6.45) is 3.09. The molecule has 0 aliphatic rings. The Morgan fingerprint density at radius 3 is 2.80 bits per heavy atom. The lowest BCUT2D eigenvalue weighted by Crippen LogP contribution is -2.25. The molecule has 0 spiro atoms. The Labute approximate surface area is 117 Å². The molecule has 2 aromatic heterocycles. The first-order valence-corrected chi connectivity index (χ1v) is 7.33. The molecule has 0 saturated carbocycles. The van der Waals surface area contributed by atoms with E-state index in [0.29, 0.717) is 0 Å². The van der Waals surface area contributed by atoms with Gasteiger partial charge < -0.3 is 5.43 Å². The maximum absolute atomic E-state index is 12.2. The number of pyridine rings is 1. The second-order valence-corrected chi connectivity index (χ2v) is 5.93. The van der Waals surface area contributed by atoms with E-state index in [-0.39, 0.29) is 17.3 Å². The fourth-order valence-corrected chi connectivity index (χ4v) is 2.81. The molecule has 0 aromatic carbocycles. The fraction of sp³-hybridized carbons (Fsp3) is 0.273. The summed E-state index contributed by atoms with van der Waals surface area (Å²) in [6.45, 7) is 2.02. The minimum atomic E-state index is -3.70. The van der Waals surface area contributed by atoms with Gasteiger partial charge in [0.25, 0.3) is 0 Å². The molecule has 0 atom stereocenters. The first-order valence-electron chi connectivity index (χ1n) is 5.84. The lowest BCUT2D eigenvalue weighted by molar-refractivity contribution is 0.581. The molecule has 0 aliphatic heterocycles. The molecule has 2 aromatic rings. The molecule has 108 valence electrons. The molecular weight excluding hydrogens is 280 g/mol. The number of sulfonamides is 1. The van der Waals surface area contributed by atoms with Crippen LogP contribution in [0.15, 0.2) is 29.4 Å². The average Bonchev–Trinajstić information content (AvgIpc) is 2.76. The van der Waals surface area contributed by atoms with Gasteiger partial charge in [0.1, 0.15) is 4.90 Å². The van der Waals surface area contributed by atoms with Gasteiger partial charge in [-0.1, -0.05) is 0 Å². The van der Waals surface area contributed by atoms with E-state index in [9.17, 15) is 8.42 Å².